The van der Waals surface area contributed by atoms with E-state index >= 15 is 0 Å². The van der Waals surface area contributed by atoms with Crippen LogP contribution in [0.1, 0.15) is 19.3 Å². The zero-order valence-electron chi connectivity index (χ0n) is 12.1. The summed E-state index contributed by atoms with van der Waals surface area (Å²) in [7, 11) is 1.54. The Morgan fingerprint density at radius 1 is 1.38 bits per heavy atom. The number of amides is 3. The first kappa shape index (κ1) is 15.6. The van der Waals surface area contributed by atoms with Crippen LogP contribution in [0.5, 0.6) is 0 Å². The summed E-state index contributed by atoms with van der Waals surface area (Å²) in [5, 5.41) is 11.5. The molecule has 1 unspecified atom stereocenters. The Morgan fingerprint density at radius 3 is 2.71 bits per heavy atom. The van der Waals surface area contributed by atoms with E-state index in [1.165, 1.54) is 16.8 Å². The fourth-order valence-electron chi connectivity index (χ4n) is 2.15. The number of rotatable bonds is 5. The van der Waals surface area contributed by atoms with Crippen LogP contribution in [0.15, 0.2) is 0 Å². The van der Waals surface area contributed by atoms with E-state index in [0.717, 1.165) is 12.8 Å². The van der Waals surface area contributed by atoms with Crippen LogP contribution in [-0.2, 0) is 14.3 Å². The minimum atomic E-state index is -0.959. The third-order valence-electron chi connectivity index (χ3n) is 3.59. The topological polar surface area (TPSA) is 99.2 Å². The molecule has 3 amide bonds. The maximum atomic E-state index is 12.4. The Hall–Kier alpha value is -1.83. The Balaban J connectivity index is 1.94. The number of hydrogen-bond acceptors (Lipinski definition) is 4. The Morgan fingerprint density at radius 2 is 2.10 bits per heavy atom. The van der Waals surface area contributed by atoms with Gasteiger partial charge in [-0.3, -0.25) is 9.59 Å². The van der Waals surface area contributed by atoms with Gasteiger partial charge in [-0.25, -0.2) is 4.79 Å². The fourth-order valence-corrected chi connectivity index (χ4v) is 2.15. The number of morpholine rings is 1. The van der Waals surface area contributed by atoms with E-state index in [0.29, 0.717) is 13.2 Å². The first-order valence-electron chi connectivity index (χ1n) is 7.10. The van der Waals surface area contributed by atoms with Crippen LogP contribution in [0, 0.1) is 0 Å². The number of nitrogens with zero attached hydrogens (tertiary/aromatic N) is 2. The van der Waals surface area contributed by atoms with E-state index in [-0.39, 0.29) is 37.6 Å². The highest BCUT2D eigenvalue weighted by Crippen LogP contribution is 2.20. The van der Waals surface area contributed by atoms with Crippen LogP contribution in [0.4, 0.5) is 4.79 Å². The molecule has 1 saturated carbocycles. The summed E-state index contributed by atoms with van der Waals surface area (Å²) in [6.45, 7) is 1.00. The quantitative estimate of drug-likeness (QED) is 0.712. The number of nitrogens with one attached hydrogen (secondary N) is 1. The van der Waals surface area contributed by atoms with Crippen LogP contribution < -0.4 is 5.32 Å². The highest BCUT2D eigenvalue weighted by molar-refractivity contribution is 5.87. The van der Waals surface area contributed by atoms with Crippen molar-refractivity contribution in [2.24, 2.45) is 0 Å². The Bertz CT molecular complexity index is 424. The predicted octanol–water partition coefficient (Wildman–Crippen LogP) is -0.508. The summed E-state index contributed by atoms with van der Waals surface area (Å²) >= 11 is 0. The minimum Gasteiger partial charge on any atom is -0.481 e. The van der Waals surface area contributed by atoms with Gasteiger partial charge in [0.05, 0.1) is 19.6 Å². The molecule has 2 aliphatic rings. The molecule has 1 saturated heterocycles. The summed E-state index contributed by atoms with van der Waals surface area (Å²) in [4.78, 5) is 37.9. The van der Waals surface area contributed by atoms with Crippen molar-refractivity contribution in [3.05, 3.63) is 0 Å². The number of carboxylic acids is 1. The van der Waals surface area contributed by atoms with Crippen molar-refractivity contribution < 1.29 is 24.2 Å². The van der Waals surface area contributed by atoms with Crippen molar-refractivity contribution in [1.29, 1.82) is 0 Å². The summed E-state index contributed by atoms with van der Waals surface area (Å²) < 4.78 is 5.30. The van der Waals surface area contributed by atoms with Crippen LogP contribution in [-0.4, -0.2) is 78.2 Å². The van der Waals surface area contributed by atoms with E-state index in [1.54, 1.807) is 0 Å². The molecule has 1 aliphatic carbocycles. The van der Waals surface area contributed by atoms with Gasteiger partial charge in [-0.1, -0.05) is 0 Å². The second-order valence-electron chi connectivity index (χ2n) is 5.41. The average Bonchev–Trinajstić information content (AvgIpc) is 3.27. The van der Waals surface area contributed by atoms with Crippen molar-refractivity contribution in [3.63, 3.8) is 0 Å². The molecule has 8 nitrogen and oxygen atoms in total. The average molecular weight is 299 g/mol. The lowest BCUT2D eigenvalue weighted by Gasteiger charge is -2.36. The van der Waals surface area contributed by atoms with Crippen molar-refractivity contribution in [1.82, 2.24) is 15.1 Å². The van der Waals surface area contributed by atoms with Gasteiger partial charge >= 0.3 is 12.0 Å². The van der Waals surface area contributed by atoms with Crippen molar-refractivity contribution in [3.8, 4) is 0 Å². The van der Waals surface area contributed by atoms with Crippen molar-refractivity contribution in [2.45, 2.75) is 31.3 Å². The van der Waals surface area contributed by atoms with Gasteiger partial charge in [0, 0.05) is 26.2 Å². The van der Waals surface area contributed by atoms with Gasteiger partial charge in [0.2, 0.25) is 5.91 Å². The zero-order chi connectivity index (χ0) is 15.4. The summed E-state index contributed by atoms with van der Waals surface area (Å²) in [5.41, 5.74) is 0. The van der Waals surface area contributed by atoms with Crippen molar-refractivity contribution >= 4 is 17.9 Å². The number of ether oxygens (including phenoxy) is 1. The number of carbonyl (C=O) groups is 3. The van der Waals surface area contributed by atoms with Gasteiger partial charge in [0.15, 0.2) is 0 Å². The van der Waals surface area contributed by atoms with E-state index in [2.05, 4.69) is 5.32 Å². The van der Waals surface area contributed by atoms with Gasteiger partial charge < -0.3 is 25.0 Å². The zero-order valence-corrected chi connectivity index (χ0v) is 12.1. The lowest BCUT2D eigenvalue weighted by atomic mass is 10.2. The molecule has 1 aliphatic heterocycles. The largest absolute Gasteiger partial charge is 0.481 e. The van der Waals surface area contributed by atoms with Gasteiger partial charge in [0.1, 0.15) is 6.04 Å². The molecule has 0 aromatic carbocycles. The molecular weight excluding hydrogens is 278 g/mol. The molecule has 118 valence electrons. The van der Waals surface area contributed by atoms with Gasteiger partial charge in [-0.05, 0) is 12.8 Å². The molecule has 2 N–H and O–H groups in total. The van der Waals surface area contributed by atoms with Crippen LogP contribution in [0.25, 0.3) is 0 Å². The van der Waals surface area contributed by atoms with E-state index in [9.17, 15) is 14.4 Å². The van der Waals surface area contributed by atoms with Crippen LogP contribution >= 0.6 is 0 Å². The Kier molecular flexibility index (Phi) is 5.00. The molecule has 2 rings (SSSR count). The Labute approximate surface area is 123 Å². The number of aliphatic carboxylic acids is 1. The van der Waals surface area contributed by atoms with E-state index in [1.807, 2.05) is 0 Å². The van der Waals surface area contributed by atoms with Gasteiger partial charge in [-0.2, -0.15) is 0 Å². The summed E-state index contributed by atoms with van der Waals surface area (Å²) in [5.74, 6) is -1.16. The maximum Gasteiger partial charge on any atom is 0.320 e. The lowest BCUT2D eigenvalue weighted by molar-refractivity contribution is -0.137. The lowest BCUT2D eigenvalue weighted by Crippen LogP contribution is -2.58. The summed E-state index contributed by atoms with van der Waals surface area (Å²) in [6.07, 6.45) is 1.84. The highest BCUT2D eigenvalue weighted by Gasteiger charge is 2.36. The third-order valence-corrected chi connectivity index (χ3v) is 3.59. The normalized spacial score (nSPS) is 21.8. The van der Waals surface area contributed by atoms with Gasteiger partial charge in [0.25, 0.3) is 0 Å². The monoisotopic (exact) mass is 299 g/mol. The second-order valence-corrected chi connectivity index (χ2v) is 5.41. The molecule has 1 heterocycles. The van der Waals surface area contributed by atoms with Crippen LogP contribution in [0.2, 0.25) is 0 Å². The van der Waals surface area contributed by atoms with E-state index in [4.69, 9.17) is 9.84 Å². The first-order chi connectivity index (χ1) is 9.99. The number of carbonyl (C=O) groups excluding carboxylic acids is 2. The predicted molar refractivity (Wildman–Crippen MR) is 72.8 cm³/mol. The molecular formula is C13H21N3O5. The maximum absolute atomic E-state index is 12.4. The van der Waals surface area contributed by atoms with Crippen molar-refractivity contribution in [2.75, 3.05) is 33.4 Å². The standard InChI is InChI=1S/C13H21N3O5/c1-15(5-4-11(17)18)13(20)16-6-7-21-8-10(16)12(19)14-9-2-3-9/h9-10H,2-8H2,1H3,(H,14,19)(H,17,18). The molecule has 0 aromatic rings. The smallest absolute Gasteiger partial charge is 0.320 e. The SMILES string of the molecule is CN(CCC(=O)O)C(=O)N1CCOCC1C(=O)NC1CC1. The molecule has 2 fully saturated rings. The molecule has 1 atom stereocenters. The first-order valence-corrected chi connectivity index (χ1v) is 7.10. The molecule has 21 heavy (non-hydrogen) atoms. The van der Waals surface area contributed by atoms with E-state index < -0.39 is 12.0 Å². The molecule has 8 heteroatoms. The minimum absolute atomic E-state index is 0.114. The number of carboxylic acid groups (broad SMARTS) is 1. The summed E-state index contributed by atoms with van der Waals surface area (Å²) in [6, 6.07) is -0.754. The highest BCUT2D eigenvalue weighted by atomic mass is 16.5. The number of urea groups is 1. The van der Waals surface area contributed by atoms with Gasteiger partial charge in [-0.15, -0.1) is 0 Å². The second kappa shape index (κ2) is 6.75. The molecule has 0 radical (unpaired) electrons. The van der Waals surface area contributed by atoms with Crippen LogP contribution in [0.3, 0.4) is 0 Å². The molecule has 0 aromatic heterocycles. The third kappa shape index (κ3) is 4.32. The number of hydrogen-bond donors (Lipinski definition) is 2. The molecule has 0 spiro atoms. The fraction of sp³-hybridized carbons (Fsp3) is 0.769. The molecule has 0 bridgehead atoms.